The van der Waals surface area contributed by atoms with Crippen molar-refractivity contribution in [2.45, 2.75) is 58.4 Å². The van der Waals surface area contributed by atoms with E-state index >= 15 is 0 Å². The van der Waals surface area contributed by atoms with Gasteiger partial charge in [0.2, 0.25) is 5.91 Å². The van der Waals surface area contributed by atoms with Gasteiger partial charge in [-0.25, -0.2) is 4.68 Å². The van der Waals surface area contributed by atoms with Gasteiger partial charge < -0.3 is 5.32 Å². The lowest BCUT2D eigenvalue weighted by Crippen LogP contribution is -2.42. The maximum Gasteiger partial charge on any atom is 0.239 e. The monoisotopic (exact) mass is 354 g/mol. The summed E-state index contributed by atoms with van der Waals surface area (Å²) in [5.41, 5.74) is 1.83. The first-order chi connectivity index (χ1) is 12.3. The van der Waals surface area contributed by atoms with Gasteiger partial charge in [0.1, 0.15) is 5.82 Å². The Kier molecular flexibility index (Phi) is 5.47. The van der Waals surface area contributed by atoms with Gasteiger partial charge in [0, 0.05) is 17.5 Å². The van der Waals surface area contributed by atoms with Crippen LogP contribution in [0.4, 0.5) is 5.82 Å². The fraction of sp³-hybridized carbons (Fsp3) is 0.524. The molecule has 1 fully saturated rings. The van der Waals surface area contributed by atoms with E-state index in [4.69, 9.17) is 5.10 Å². The van der Waals surface area contributed by atoms with Crippen LogP contribution in [-0.4, -0.2) is 39.7 Å². The minimum atomic E-state index is -0.0824. The topological polar surface area (TPSA) is 50.2 Å². The third kappa shape index (κ3) is 4.33. The van der Waals surface area contributed by atoms with E-state index in [0.29, 0.717) is 12.6 Å². The highest BCUT2D eigenvalue weighted by Gasteiger charge is 2.24. The molecular weight excluding hydrogens is 324 g/mol. The van der Waals surface area contributed by atoms with E-state index < -0.39 is 0 Å². The summed E-state index contributed by atoms with van der Waals surface area (Å²) in [5.74, 6) is 0.757. The second kappa shape index (κ2) is 7.62. The Bertz CT molecular complexity index is 745. The number of benzene rings is 1. The zero-order valence-corrected chi connectivity index (χ0v) is 16.3. The van der Waals surface area contributed by atoms with Crippen LogP contribution in [0.2, 0.25) is 0 Å². The van der Waals surface area contributed by atoms with Gasteiger partial charge in [-0.15, -0.1) is 0 Å². The van der Waals surface area contributed by atoms with E-state index in [1.165, 1.54) is 19.3 Å². The van der Waals surface area contributed by atoms with Crippen LogP contribution >= 0.6 is 0 Å². The molecule has 5 nitrogen and oxygen atoms in total. The number of aromatic nitrogens is 2. The molecule has 2 aromatic rings. The molecule has 1 amide bonds. The molecule has 2 heterocycles. The molecule has 0 aliphatic carbocycles. The van der Waals surface area contributed by atoms with Crippen molar-refractivity contribution in [1.29, 1.82) is 0 Å². The summed E-state index contributed by atoms with van der Waals surface area (Å²) in [6.07, 6.45) is 3.60. The number of rotatable bonds is 4. The summed E-state index contributed by atoms with van der Waals surface area (Å²) in [6.45, 7) is 10.0. The Hall–Kier alpha value is -2.14. The molecule has 5 heteroatoms. The van der Waals surface area contributed by atoms with Gasteiger partial charge in [-0.05, 0) is 38.4 Å². The highest BCUT2D eigenvalue weighted by molar-refractivity contribution is 5.91. The maximum atomic E-state index is 12.7. The van der Waals surface area contributed by atoms with Gasteiger partial charge >= 0.3 is 0 Å². The normalized spacial score (nSPS) is 18.7. The fourth-order valence-corrected chi connectivity index (χ4v) is 3.36. The predicted molar refractivity (Wildman–Crippen MR) is 106 cm³/mol. The number of hydrogen-bond acceptors (Lipinski definition) is 3. The van der Waals surface area contributed by atoms with Crippen LogP contribution in [0.15, 0.2) is 36.4 Å². The Balaban J connectivity index is 1.81. The van der Waals surface area contributed by atoms with Crippen LogP contribution < -0.4 is 5.32 Å². The van der Waals surface area contributed by atoms with Crippen molar-refractivity contribution in [2.24, 2.45) is 0 Å². The van der Waals surface area contributed by atoms with Gasteiger partial charge in [0.25, 0.3) is 0 Å². The van der Waals surface area contributed by atoms with Gasteiger partial charge in [-0.3, -0.25) is 9.69 Å². The summed E-state index contributed by atoms with van der Waals surface area (Å²) < 4.78 is 1.83. The number of likely N-dealkylation sites (tertiary alicyclic amines) is 1. The smallest absolute Gasteiger partial charge is 0.239 e. The predicted octanol–water partition coefficient (Wildman–Crippen LogP) is 3.98. The lowest BCUT2D eigenvalue weighted by molar-refractivity contribution is -0.118. The van der Waals surface area contributed by atoms with Crippen molar-refractivity contribution in [3.63, 3.8) is 0 Å². The molecule has 3 rings (SSSR count). The van der Waals surface area contributed by atoms with Gasteiger partial charge in [-0.2, -0.15) is 5.10 Å². The van der Waals surface area contributed by atoms with Gasteiger partial charge in [-0.1, -0.05) is 45.4 Å². The Morgan fingerprint density at radius 2 is 1.96 bits per heavy atom. The Labute approximate surface area is 156 Å². The van der Waals surface area contributed by atoms with Gasteiger partial charge in [0.05, 0.1) is 17.9 Å². The molecule has 140 valence electrons. The zero-order chi connectivity index (χ0) is 18.7. The number of para-hydroxylation sites is 1. The molecule has 1 aromatic heterocycles. The Morgan fingerprint density at radius 1 is 1.23 bits per heavy atom. The molecule has 1 atom stereocenters. The number of nitrogens with one attached hydrogen (secondary N) is 1. The van der Waals surface area contributed by atoms with E-state index in [-0.39, 0.29) is 11.3 Å². The molecule has 26 heavy (non-hydrogen) atoms. The second-order valence-electron chi connectivity index (χ2n) is 8.28. The van der Waals surface area contributed by atoms with E-state index in [1.54, 1.807) is 0 Å². The second-order valence-corrected chi connectivity index (χ2v) is 8.28. The van der Waals surface area contributed by atoms with Crippen LogP contribution in [0, 0.1) is 0 Å². The lowest BCUT2D eigenvalue weighted by Gasteiger charge is -2.32. The minimum absolute atomic E-state index is 0.0243. The van der Waals surface area contributed by atoms with E-state index in [1.807, 2.05) is 41.1 Å². The van der Waals surface area contributed by atoms with Crippen molar-refractivity contribution < 1.29 is 4.79 Å². The first-order valence-electron chi connectivity index (χ1n) is 9.54. The van der Waals surface area contributed by atoms with E-state index in [0.717, 1.165) is 23.7 Å². The average Bonchev–Trinajstić information content (AvgIpc) is 3.02. The summed E-state index contributed by atoms with van der Waals surface area (Å²) in [6, 6.07) is 12.4. The number of hydrogen-bond donors (Lipinski definition) is 1. The largest absolute Gasteiger partial charge is 0.309 e. The van der Waals surface area contributed by atoms with Crippen LogP contribution in [0.5, 0.6) is 0 Å². The minimum Gasteiger partial charge on any atom is -0.309 e. The van der Waals surface area contributed by atoms with Crippen LogP contribution in [-0.2, 0) is 10.2 Å². The standard InChI is InChI=1S/C21H30N4O/c1-16-10-8-9-13-24(16)15-20(26)22-19-14-18(21(2,3)4)23-25(19)17-11-6-5-7-12-17/h5-7,11-12,14,16H,8-10,13,15H2,1-4H3,(H,22,26)/t16-/m1/s1. The number of nitrogens with zero attached hydrogens (tertiary/aromatic N) is 3. The number of carbonyl (C=O) groups excluding carboxylic acids is 1. The molecule has 0 radical (unpaired) electrons. The number of piperidine rings is 1. The summed E-state index contributed by atoms with van der Waals surface area (Å²) >= 11 is 0. The summed E-state index contributed by atoms with van der Waals surface area (Å²) in [5, 5.41) is 7.84. The van der Waals surface area contributed by atoms with Crippen molar-refractivity contribution in [3.8, 4) is 5.69 Å². The van der Waals surface area contributed by atoms with Crippen molar-refractivity contribution >= 4 is 11.7 Å². The van der Waals surface area contributed by atoms with Crippen molar-refractivity contribution in [3.05, 3.63) is 42.1 Å². The van der Waals surface area contributed by atoms with Crippen LogP contribution in [0.1, 0.15) is 52.7 Å². The molecule has 0 saturated carbocycles. The van der Waals surface area contributed by atoms with Crippen molar-refractivity contribution in [2.75, 3.05) is 18.4 Å². The zero-order valence-electron chi connectivity index (χ0n) is 16.3. The highest BCUT2D eigenvalue weighted by atomic mass is 16.2. The molecule has 1 aliphatic rings. The molecule has 0 bridgehead atoms. The molecular formula is C21H30N4O. The molecule has 1 aliphatic heterocycles. The van der Waals surface area contributed by atoms with Crippen LogP contribution in [0.25, 0.3) is 5.69 Å². The first kappa shape index (κ1) is 18.6. The number of amides is 1. The lowest BCUT2D eigenvalue weighted by atomic mass is 9.92. The molecule has 0 spiro atoms. The Morgan fingerprint density at radius 3 is 2.62 bits per heavy atom. The molecule has 1 saturated heterocycles. The molecule has 1 N–H and O–H groups in total. The summed E-state index contributed by atoms with van der Waals surface area (Å²) in [7, 11) is 0. The number of carbonyl (C=O) groups is 1. The third-order valence-electron chi connectivity index (χ3n) is 5.03. The van der Waals surface area contributed by atoms with E-state index in [9.17, 15) is 4.79 Å². The quantitative estimate of drug-likeness (QED) is 0.903. The van der Waals surface area contributed by atoms with Crippen LogP contribution in [0.3, 0.4) is 0 Å². The van der Waals surface area contributed by atoms with Crippen molar-refractivity contribution in [1.82, 2.24) is 14.7 Å². The SMILES string of the molecule is C[C@@H]1CCCCN1CC(=O)Nc1cc(C(C)(C)C)nn1-c1ccccc1. The average molecular weight is 354 g/mol. The van der Waals surface area contributed by atoms with E-state index in [2.05, 4.69) is 37.9 Å². The maximum absolute atomic E-state index is 12.7. The fourth-order valence-electron chi connectivity index (χ4n) is 3.36. The molecule has 0 unspecified atom stereocenters. The summed E-state index contributed by atoms with van der Waals surface area (Å²) in [4.78, 5) is 14.9. The number of anilines is 1. The third-order valence-corrected chi connectivity index (χ3v) is 5.03. The highest BCUT2D eigenvalue weighted by Crippen LogP contribution is 2.26. The van der Waals surface area contributed by atoms with Gasteiger partial charge in [0.15, 0.2) is 0 Å². The first-order valence-corrected chi connectivity index (χ1v) is 9.54. The molecule has 1 aromatic carbocycles.